The van der Waals surface area contributed by atoms with E-state index in [1.165, 1.54) is 0 Å². The van der Waals surface area contributed by atoms with Gasteiger partial charge in [0.25, 0.3) is 0 Å². The highest BCUT2D eigenvalue weighted by atomic mass is 16.6. The number of carbonyl (C=O) groups is 2. The Morgan fingerprint density at radius 2 is 2.05 bits per heavy atom. The first-order valence-electron chi connectivity index (χ1n) is 7.17. The van der Waals surface area contributed by atoms with Gasteiger partial charge in [0, 0.05) is 23.7 Å². The molecule has 0 atom stereocenters. The van der Waals surface area contributed by atoms with E-state index in [0.717, 1.165) is 0 Å². The molecule has 0 spiro atoms. The Labute approximate surface area is 126 Å². The van der Waals surface area contributed by atoms with E-state index >= 15 is 0 Å². The number of hydrogen-bond acceptors (Lipinski definition) is 8. The molecule has 0 N–H and O–H groups in total. The Hall–Kier alpha value is -2.32. The number of aromatic nitrogens is 2. The molecular formula is C13H17N3O6. The largest absolute Gasteiger partial charge is 0.460 e. The Kier molecular flexibility index (Phi) is 5.18. The SMILES string of the molecule is CCOC(=O)C(=O)Cc1nc(C2CCC([N+](=O)[O-])CC2)no1. The molecule has 0 bridgehead atoms. The van der Waals surface area contributed by atoms with Crippen LogP contribution in [0.5, 0.6) is 0 Å². The zero-order chi connectivity index (χ0) is 16.1. The fraction of sp³-hybridized carbons (Fsp3) is 0.692. The van der Waals surface area contributed by atoms with Crippen LogP contribution in [0.3, 0.4) is 0 Å². The van der Waals surface area contributed by atoms with Gasteiger partial charge in [0.2, 0.25) is 17.7 Å². The summed E-state index contributed by atoms with van der Waals surface area (Å²) in [7, 11) is 0. The molecule has 1 aliphatic rings. The quantitative estimate of drug-likeness (QED) is 0.330. The second-order valence-electron chi connectivity index (χ2n) is 5.16. The predicted octanol–water partition coefficient (Wildman–Crippen LogP) is 1.05. The van der Waals surface area contributed by atoms with E-state index in [9.17, 15) is 19.7 Å². The van der Waals surface area contributed by atoms with Crippen molar-refractivity contribution < 1.29 is 23.8 Å². The summed E-state index contributed by atoms with van der Waals surface area (Å²) in [6, 6.07) is -0.506. The number of rotatable bonds is 6. The van der Waals surface area contributed by atoms with E-state index in [2.05, 4.69) is 14.9 Å². The van der Waals surface area contributed by atoms with Crippen molar-refractivity contribution in [2.45, 2.75) is 51.0 Å². The minimum Gasteiger partial charge on any atom is -0.460 e. The van der Waals surface area contributed by atoms with Crippen molar-refractivity contribution >= 4 is 11.8 Å². The second kappa shape index (κ2) is 7.10. The number of Topliss-reactive ketones (excluding diaryl/α,β-unsaturated/α-hetero) is 1. The molecule has 9 nitrogen and oxygen atoms in total. The first kappa shape index (κ1) is 16.1. The van der Waals surface area contributed by atoms with Crippen LogP contribution in [0.2, 0.25) is 0 Å². The molecule has 1 heterocycles. The summed E-state index contributed by atoms with van der Waals surface area (Å²) in [6.45, 7) is 1.73. The number of ketones is 1. The Morgan fingerprint density at radius 1 is 1.36 bits per heavy atom. The van der Waals surface area contributed by atoms with Crippen LogP contribution in [0.15, 0.2) is 4.52 Å². The summed E-state index contributed by atoms with van der Waals surface area (Å²) in [5.74, 6) is -1.17. The maximum absolute atomic E-state index is 11.5. The first-order valence-corrected chi connectivity index (χ1v) is 7.17. The van der Waals surface area contributed by atoms with Gasteiger partial charge in [-0.25, -0.2) is 4.79 Å². The number of ether oxygens (including phenoxy) is 1. The van der Waals surface area contributed by atoms with E-state index < -0.39 is 17.8 Å². The molecule has 0 amide bonds. The number of nitro groups is 1. The van der Waals surface area contributed by atoms with Crippen LogP contribution in [-0.4, -0.2) is 39.5 Å². The topological polar surface area (TPSA) is 125 Å². The average molecular weight is 311 g/mol. The third kappa shape index (κ3) is 3.86. The number of nitrogens with zero attached hydrogens (tertiary/aromatic N) is 3. The third-order valence-corrected chi connectivity index (χ3v) is 3.66. The Morgan fingerprint density at radius 3 is 2.64 bits per heavy atom. The van der Waals surface area contributed by atoms with Crippen LogP contribution in [0.25, 0.3) is 0 Å². The predicted molar refractivity (Wildman–Crippen MR) is 71.6 cm³/mol. The molecule has 1 aromatic heterocycles. The zero-order valence-electron chi connectivity index (χ0n) is 12.2. The summed E-state index contributed by atoms with van der Waals surface area (Å²) < 4.78 is 9.56. The molecule has 120 valence electrons. The third-order valence-electron chi connectivity index (χ3n) is 3.66. The van der Waals surface area contributed by atoms with Crippen molar-refractivity contribution in [1.82, 2.24) is 10.1 Å². The van der Waals surface area contributed by atoms with Crippen molar-refractivity contribution in [3.63, 3.8) is 0 Å². The van der Waals surface area contributed by atoms with Gasteiger partial charge in [0.15, 0.2) is 5.82 Å². The fourth-order valence-electron chi connectivity index (χ4n) is 2.47. The molecule has 1 aromatic rings. The van der Waals surface area contributed by atoms with Crippen molar-refractivity contribution in [1.29, 1.82) is 0 Å². The molecule has 0 unspecified atom stereocenters. The molecule has 0 radical (unpaired) electrons. The molecule has 2 rings (SSSR count). The molecule has 1 saturated carbocycles. The molecular weight excluding hydrogens is 294 g/mol. The van der Waals surface area contributed by atoms with Crippen molar-refractivity contribution in [2.24, 2.45) is 0 Å². The standard InChI is InChI=1S/C13H17N3O6/c1-2-21-13(18)10(17)7-11-14-12(15-22-11)8-3-5-9(6-4-8)16(19)20/h8-9H,2-7H2,1H3. The highest BCUT2D eigenvalue weighted by Gasteiger charge is 2.31. The molecule has 0 aromatic carbocycles. The van der Waals surface area contributed by atoms with Gasteiger partial charge in [-0.2, -0.15) is 4.98 Å². The lowest BCUT2D eigenvalue weighted by atomic mass is 9.86. The van der Waals surface area contributed by atoms with Gasteiger partial charge in [-0.1, -0.05) is 5.16 Å². The van der Waals surface area contributed by atoms with Crippen LogP contribution >= 0.6 is 0 Å². The maximum Gasteiger partial charge on any atom is 0.375 e. The van der Waals surface area contributed by atoms with Gasteiger partial charge in [-0.3, -0.25) is 14.9 Å². The minimum atomic E-state index is -0.922. The van der Waals surface area contributed by atoms with E-state index in [4.69, 9.17) is 4.52 Å². The second-order valence-corrected chi connectivity index (χ2v) is 5.16. The van der Waals surface area contributed by atoms with Crippen molar-refractivity contribution in [3.05, 3.63) is 21.8 Å². The Balaban J connectivity index is 1.91. The minimum absolute atomic E-state index is 0.00797. The smallest absolute Gasteiger partial charge is 0.375 e. The summed E-state index contributed by atoms with van der Waals surface area (Å²) >= 11 is 0. The molecule has 9 heteroatoms. The Bertz CT molecular complexity index is 562. The van der Waals surface area contributed by atoms with Gasteiger partial charge < -0.3 is 9.26 Å². The van der Waals surface area contributed by atoms with E-state index in [1.54, 1.807) is 6.92 Å². The lowest BCUT2D eigenvalue weighted by molar-refractivity contribution is -0.526. The highest BCUT2D eigenvalue weighted by Crippen LogP contribution is 2.32. The van der Waals surface area contributed by atoms with Crippen molar-refractivity contribution in [3.8, 4) is 0 Å². The van der Waals surface area contributed by atoms with Crippen LogP contribution < -0.4 is 0 Å². The molecule has 22 heavy (non-hydrogen) atoms. The molecule has 1 aliphatic carbocycles. The number of hydrogen-bond donors (Lipinski definition) is 0. The normalized spacial score (nSPS) is 21.3. The van der Waals surface area contributed by atoms with Crippen LogP contribution in [0, 0.1) is 10.1 Å². The van der Waals surface area contributed by atoms with Gasteiger partial charge in [-0.15, -0.1) is 0 Å². The molecule has 0 saturated heterocycles. The van der Waals surface area contributed by atoms with Gasteiger partial charge >= 0.3 is 5.97 Å². The van der Waals surface area contributed by atoms with Gasteiger partial charge in [0.1, 0.15) is 0 Å². The summed E-state index contributed by atoms with van der Waals surface area (Å²) in [6.07, 6.45) is 1.87. The monoisotopic (exact) mass is 311 g/mol. The average Bonchev–Trinajstić information content (AvgIpc) is 2.96. The van der Waals surface area contributed by atoms with Gasteiger partial charge in [0.05, 0.1) is 13.0 Å². The highest BCUT2D eigenvalue weighted by molar-refractivity contribution is 6.33. The van der Waals surface area contributed by atoms with Gasteiger partial charge in [-0.05, 0) is 19.8 Å². The number of carbonyl (C=O) groups excluding carboxylic acids is 2. The lowest BCUT2D eigenvalue weighted by Crippen LogP contribution is -2.25. The van der Waals surface area contributed by atoms with E-state index in [-0.39, 0.29) is 29.8 Å². The number of esters is 1. The zero-order valence-corrected chi connectivity index (χ0v) is 12.2. The lowest BCUT2D eigenvalue weighted by Gasteiger charge is -2.20. The van der Waals surface area contributed by atoms with E-state index in [1.807, 2.05) is 0 Å². The fourth-order valence-corrected chi connectivity index (χ4v) is 2.47. The van der Waals surface area contributed by atoms with E-state index in [0.29, 0.717) is 31.5 Å². The maximum atomic E-state index is 11.5. The van der Waals surface area contributed by atoms with Crippen LogP contribution in [0.1, 0.15) is 50.2 Å². The summed E-state index contributed by atoms with van der Waals surface area (Å²) in [5, 5.41) is 14.5. The van der Waals surface area contributed by atoms with Crippen LogP contribution in [-0.2, 0) is 20.7 Å². The molecule has 1 fully saturated rings. The van der Waals surface area contributed by atoms with Crippen molar-refractivity contribution in [2.75, 3.05) is 6.61 Å². The first-order chi connectivity index (χ1) is 10.5. The molecule has 0 aliphatic heterocycles. The summed E-state index contributed by atoms with van der Waals surface area (Å²) in [4.78, 5) is 37.3. The van der Waals surface area contributed by atoms with Crippen LogP contribution in [0.4, 0.5) is 0 Å². The summed E-state index contributed by atoms with van der Waals surface area (Å²) in [5.41, 5.74) is 0.